The van der Waals surface area contributed by atoms with Crippen molar-refractivity contribution in [2.24, 2.45) is 5.92 Å². The average Bonchev–Trinajstić information content (AvgIpc) is 3.11. The molecule has 0 aromatic carbocycles. The molecule has 1 fully saturated rings. The molecular weight excluding hydrogens is 322 g/mol. The third-order valence-corrected chi connectivity index (χ3v) is 4.04. The van der Waals surface area contributed by atoms with Crippen LogP contribution in [0, 0.1) is 5.92 Å². The van der Waals surface area contributed by atoms with Crippen LogP contribution in [-0.4, -0.2) is 46.8 Å². The van der Waals surface area contributed by atoms with Gasteiger partial charge in [-0.3, -0.25) is 9.78 Å². The SMILES string of the molecule is CC(C)C(NC(=O)CC1COCCN1)c1nc(-c2cccnc2)no1. The van der Waals surface area contributed by atoms with E-state index in [0.29, 0.717) is 31.3 Å². The van der Waals surface area contributed by atoms with Crippen LogP contribution < -0.4 is 10.6 Å². The molecule has 0 spiro atoms. The molecule has 3 heterocycles. The van der Waals surface area contributed by atoms with Crippen molar-refractivity contribution in [1.29, 1.82) is 0 Å². The summed E-state index contributed by atoms with van der Waals surface area (Å²) in [7, 11) is 0. The van der Waals surface area contributed by atoms with E-state index < -0.39 is 0 Å². The Morgan fingerprint density at radius 2 is 2.36 bits per heavy atom. The molecule has 2 unspecified atom stereocenters. The fourth-order valence-corrected chi connectivity index (χ4v) is 2.69. The normalized spacial score (nSPS) is 18.9. The summed E-state index contributed by atoms with van der Waals surface area (Å²) in [6, 6.07) is 3.37. The van der Waals surface area contributed by atoms with E-state index in [1.54, 1.807) is 12.4 Å². The fraction of sp³-hybridized carbons (Fsp3) is 0.529. The number of morpholine rings is 1. The first kappa shape index (κ1) is 17.5. The van der Waals surface area contributed by atoms with Gasteiger partial charge in [0.25, 0.3) is 0 Å². The molecule has 3 rings (SSSR count). The predicted octanol–water partition coefficient (Wildman–Crippen LogP) is 1.32. The standard InChI is InChI=1S/C17H23N5O3/c1-11(2)15(20-14(23)8-13-10-24-7-6-19-13)17-21-16(22-25-17)12-4-3-5-18-9-12/h3-5,9,11,13,15,19H,6-8,10H2,1-2H3,(H,20,23). The Labute approximate surface area is 146 Å². The number of carbonyl (C=O) groups is 1. The van der Waals surface area contributed by atoms with Crippen molar-refractivity contribution in [2.45, 2.75) is 32.4 Å². The molecule has 8 nitrogen and oxygen atoms in total. The van der Waals surface area contributed by atoms with Gasteiger partial charge in [-0.15, -0.1) is 0 Å². The Morgan fingerprint density at radius 1 is 1.48 bits per heavy atom. The number of amides is 1. The first-order valence-electron chi connectivity index (χ1n) is 8.48. The largest absolute Gasteiger partial charge is 0.378 e. The van der Waals surface area contributed by atoms with Gasteiger partial charge in [0.15, 0.2) is 0 Å². The monoisotopic (exact) mass is 345 g/mol. The van der Waals surface area contributed by atoms with E-state index in [0.717, 1.165) is 12.1 Å². The topological polar surface area (TPSA) is 102 Å². The Morgan fingerprint density at radius 3 is 3.04 bits per heavy atom. The summed E-state index contributed by atoms with van der Waals surface area (Å²) in [5.41, 5.74) is 0.773. The third kappa shape index (κ3) is 4.61. The summed E-state index contributed by atoms with van der Waals surface area (Å²) in [5.74, 6) is 0.907. The van der Waals surface area contributed by atoms with Gasteiger partial charge in [-0.05, 0) is 18.1 Å². The van der Waals surface area contributed by atoms with E-state index >= 15 is 0 Å². The Balaban J connectivity index is 1.66. The number of pyridine rings is 1. The molecule has 25 heavy (non-hydrogen) atoms. The first-order chi connectivity index (χ1) is 12.1. The zero-order chi connectivity index (χ0) is 17.6. The Kier molecular flexibility index (Phi) is 5.72. The van der Waals surface area contributed by atoms with Gasteiger partial charge in [-0.2, -0.15) is 4.98 Å². The van der Waals surface area contributed by atoms with Crippen LogP contribution in [0.3, 0.4) is 0 Å². The number of hydrogen-bond acceptors (Lipinski definition) is 7. The number of aromatic nitrogens is 3. The average molecular weight is 345 g/mol. The first-order valence-corrected chi connectivity index (χ1v) is 8.48. The van der Waals surface area contributed by atoms with Crippen molar-refractivity contribution in [3.8, 4) is 11.4 Å². The van der Waals surface area contributed by atoms with Crippen molar-refractivity contribution in [1.82, 2.24) is 25.8 Å². The number of hydrogen-bond donors (Lipinski definition) is 2. The molecule has 0 saturated carbocycles. The molecule has 0 aliphatic carbocycles. The Bertz CT molecular complexity index is 683. The lowest BCUT2D eigenvalue weighted by Gasteiger charge is -2.25. The zero-order valence-corrected chi connectivity index (χ0v) is 14.4. The van der Waals surface area contributed by atoms with Gasteiger partial charge in [-0.25, -0.2) is 0 Å². The van der Waals surface area contributed by atoms with E-state index in [9.17, 15) is 4.79 Å². The lowest BCUT2D eigenvalue weighted by Crippen LogP contribution is -2.45. The number of ether oxygens (including phenoxy) is 1. The van der Waals surface area contributed by atoms with Crippen LogP contribution in [0.15, 0.2) is 29.0 Å². The number of nitrogens with zero attached hydrogens (tertiary/aromatic N) is 3. The van der Waals surface area contributed by atoms with Crippen LogP contribution in [0.25, 0.3) is 11.4 Å². The second-order valence-corrected chi connectivity index (χ2v) is 6.42. The molecule has 134 valence electrons. The fourth-order valence-electron chi connectivity index (χ4n) is 2.69. The third-order valence-electron chi connectivity index (χ3n) is 4.04. The maximum atomic E-state index is 12.4. The molecule has 1 amide bonds. The lowest BCUT2D eigenvalue weighted by molar-refractivity contribution is -0.123. The maximum absolute atomic E-state index is 12.4. The molecule has 2 aromatic heterocycles. The smallest absolute Gasteiger partial charge is 0.249 e. The van der Waals surface area contributed by atoms with E-state index in [1.165, 1.54) is 0 Å². The van der Waals surface area contributed by atoms with Crippen LogP contribution in [0.4, 0.5) is 0 Å². The van der Waals surface area contributed by atoms with Crippen molar-refractivity contribution >= 4 is 5.91 Å². The zero-order valence-electron chi connectivity index (χ0n) is 14.4. The van der Waals surface area contributed by atoms with Crippen molar-refractivity contribution in [3.63, 3.8) is 0 Å². The van der Waals surface area contributed by atoms with Gasteiger partial charge in [0.2, 0.25) is 17.6 Å². The van der Waals surface area contributed by atoms with Gasteiger partial charge in [0.1, 0.15) is 6.04 Å². The van der Waals surface area contributed by atoms with E-state index in [1.807, 2.05) is 26.0 Å². The molecule has 0 radical (unpaired) electrons. The molecular formula is C17H23N5O3. The van der Waals surface area contributed by atoms with Crippen LogP contribution >= 0.6 is 0 Å². The highest BCUT2D eigenvalue weighted by molar-refractivity contribution is 5.77. The molecule has 2 atom stereocenters. The summed E-state index contributed by atoms with van der Waals surface area (Å²) in [5, 5.41) is 10.3. The van der Waals surface area contributed by atoms with E-state index in [-0.39, 0.29) is 23.9 Å². The van der Waals surface area contributed by atoms with Crippen molar-refractivity contribution in [3.05, 3.63) is 30.4 Å². The lowest BCUT2D eigenvalue weighted by atomic mass is 10.0. The minimum atomic E-state index is -0.338. The van der Waals surface area contributed by atoms with Gasteiger partial charge >= 0.3 is 0 Å². The minimum absolute atomic E-state index is 0.0372. The molecule has 1 aliphatic heterocycles. The molecule has 2 aromatic rings. The number of rotatable bonds is 6. The highest BCUT2D eigenvalue weighted by atomic mass is 16.5. The number of nitrogens with one attached hydrogen (secondary N) is 2. The summed E-state index contributed by atoms with van der Waals surface area (Å²) in [6.45, 7) is 6.00. The highest BCUT2D eigenvalue weighted by Gasteiger charge is 2.26. The summed E-state index contributed by atoms with van der Waals surface area (Å²) >= 11 is 0. The van der Waals surface area contributed by atoms with Crippen molar-refractivity contribution < 1.29 is 14.1 Å². The summed E-state index contributed by atoms with van der Waals surface area (Å²) in [4.78, 5) is 20.9. The molecule has 2 N–H and O–H groups in total. The van der Waals surface area contributed by atoms with E-state index in [4.69, 9.17) is 9.26 Å². The van der Waals surface area contributed by atoms with Gasteiger partial charge < -0.3 is 19.9 Å². The quantitative estimate of drug-likeness (QED) is 0.814. The van der Waals surface area contributed by atoms with Gasteiger partial charge in [-0.1, -0.05) is 19.0 Å². The van der Waals surface area contributed by atoms with Crippen LogP contribution in [0.1, 0.15) is 32.2 Å². The van der Waals surface area contributed by atoms with Crippen LogP contribution in [0.5, 0.6) is 0 Å². The molecule has 1 aliphatic rings. The minimum Gasteiger partial charge on any atom is -0.378 e. The van der Waals surface area contributed by atoms with Crippen LogP contribution in [-0.2, 0) is 9.53 Å². The predicted molar refractivity (Wildman–Crippen MR) is 90.5 cm³/mol. The second-order valence-electron chi connectivity index (χ2n) is 6.42. The second kappa shape index (κ2) is 8.17. The highest BCUT2D eigenvalue weighted by Crippen LogP contribution is 2.23. The molecule has 0 bridgehead atoms. The molecule has 1 saturated heterocycles. The summed E-state index contributed by atoms with van der Waals surface area (Å²) in [6.07, 6.45) is 3.71. The molecule has 8 heteroatoms. The number of carbonyl (C=O) groups excluding carboxylic acids is 1. The van der Waals surface area contributed by atoms with Gasteiger partial charge in [0, 0.05) is 37.0 Å². The maximum Gasteiger partial charge on any atom is 0.249 e. The van der Waals surface area contributed by atoms with Gasteiger partial charge in [0.05, 0.1) is 13.2 Å². The summed E-state index contributed by atoms with van der Waals surface area (Å²) < 4.78 is 10.8. The van der Waals surface area contributed by atoms with Crippen LogP contribution in [0.2, 0.25) is 0 Å². The Hall–Kier alpha value is -2.32. The van der Waals surface area contributed by atoms with E-state index in [2.05, 4.69) is 25.8 Å². The van der Waals surface area contributed by atoms with Crippen molar-refractivity contribution in [2.75, 3.05) is 19.8 Å².